The van der Waals surface area contributed by atoms with E-state index in [1.165, 1.54) is 0 Å². The van der Waals surface area contributed by atoms with E-state index in [1.807, 2.05) is 42.5 Å². The molecule has 2 N–H and O–H groups in total. The van der Waals surface area contributed by atoms with Crippen LogP contribution in [0.2, 0.25) is 5.02 Å². The average molecular weight is 262 g/mol. The highest BCUT2D eigenvalue weighted by Gasteiger charge is 2.03. The second kappa shape index (κ2) is 5.89. The Hall–Kier alpha value is -1.51. The maximum atomic E-state index is 5.96. The summed E-state index contributed by atoms with van der Waals surface area (Å²) in [6, 6.07) is 15.3. The van der Waals surface area contributed by atoms with Crippen molar-refractivity contribution >= 4 is 11.6 Å². The predicted octanol–water partition coefficient (Wildman–Crippen LogP) is 4.54. The van der Waals surface area contributed by atoms with Crippen LogP contribution in [-0.2, 0) is 0 Å². The Labute approximate surface area is 112 Å². The first kappa shape index (κ1) is 12.9. The van der Waals surface area contributed by atoms with Crippen molar-refractivity contribution in [2.75, 3.05) is 0 Å². The highest BCUT2D eigenvalue weighted by atomic mass is 35.5. The Balaban J connectivity index is 2.11. The minimum absolute atomic E-state index is 0.0882. The molecule has 0 radical (unpaired) electrons. The van der Waals surface area contributed by atoms with Gasteiger partial charge in [0.05, 0.1) is 0 Å². The van der Waals surface area contributed by atoms with Gasteiger partial charge < -0.3 is 10.5 Å². The van der Waals surface area contributed by atoms with Crippen molar-refractivity contribution in [3.05, 3.63) is 59.1 Å². The predicted molar refractivity (Wildman–Crippen MR) is 75.2 cm³/mol. The van der Waals surface area contributed by atoms with Crippen LogP contribution in [-0.4, -0.2) is 0 Å². The van der Waals surface area contributed by atoms with Crippen molar-refractivity contribution in [3.8, 4) is 11.5 Å². The Morgan fingerprint density at radius 1 is 1.11 bits per heavy atom. The molecule has 94 valence electrons. The maximum Gasteiger partial charge on any atom is 0.128 e. The van der Waals surface area contributed by atoms with Crippen LogP contribution in [0.1, 0.15) is 24.9 Å². The smallest absolute Gasteiger partial charge is 0.128 e. The molecule has 1 atom stereocenters. The average Bonchev–Trinajstić information content (AvgIpc) is 2.39. The molecule has 2 aromatic rings. The molecule has 0 heterocycles. The van der Waals surface area contributed by atoms with Gasteiger partial charge in [0.25, 0.3) is 0 Å². The van der Waals surface area contributed by atoms with E-state index in [1.54, 1.807) is 6.07 Å². The normalized spacial score (nSPS) is 12.2. The van der Waals surface area contributed by atoms with Crippen LogP contribution >= 0.6 is 11.6 Å². The van der Waals surface area contributed by atoms with Gasteiger partial charge in [-0.05, 0) is 42.3 Å². The maximum absolute atomic E-state index is 5.96. The summed E-state index contributed by atoms with van der Waals surface area (Å²) in [5.41, 5.74) is 7.08. The number of nitrogens with two attached hydrogens (primary N) is 1. The summed E-state index contributed by atoms with van der Waals surface area (Å²) in [6.45, 7) is 2.07. The summed E-state index contributed by atoms with van der Waals surface area (Å²) >= 11 is 5.90. The third kappa shape index (κ3) is 3.25. The minimum Gasteiger partial charge on any atom is -0.457 e. The lowest BCUT2D eigenvalue weighted by molar-refractivity contribution is 0.482. The van der Waals surface area contributed by atoms with Crippen LogP contribution in [0.5, 0.6) is 11.5 Å². The third-order valence-electron chi connectivity index (χ3n) is 2.78. The van der Waals surface area contributed by atoms with E-state index < -0.39 is 0 Å². The Morgan fingerprint density at radius 3 is 2.44 bits per heavy atom. The van der Waals surface area contributed by atoms with Crippen LogP contribution in [0.4, 0.5) is 0 Å². The van der Waals surface area contributed by atoms with Crippen molar-refractivity contribution in [2.24, 2.45) is 5.73 Å². The Morgan fingerprint density at radius 2 is 1.83 bits per heavy atom. The number of halogens is 1. The molecule has 2 nitrogen and oxygen atoms in total. The van der Waals surface area contributed by atoms with E-state index in [4.69, 9.17) is 22.1 Å². The molecule has 0 saturated carbocycles. The molecule has 0 aliphatic heterocycles. The van der Waals surface area contributed by atoms with Crippen molar-refractivity contribution < 1.29 is 4.74 Å². The molecule has 0 amide bonds. The summed E-state index contributed by atoms with van der Waals surface area (Å²) in [6.07, 6.45) is 0.925. The standard InChI is InChI=1S/C15H16ClNO/c1-2-15(17)11-6-8-13(9-7-11)18-14-5-3-4-12(16)10-14/h3-10,15H,2,17H2,1H3. The summed E-state index contributed by atoms with van der Waals surface area (Å²) in [5, 5.41) is 0.664. The molecule has 2 rings (SSSR count). The van der Waals surface area contributed by atoms with Crippen LogP contribution in [0.15, 0.2) is 48.5 Å². The molecule has 0 bridgehead atoms. The number of ether oxygens (including phenoxy) is 1. The van der Waals surface area contributed by atoms with Crippen molar-refractivity contribution in [1.82, 2.24) is 0 Å². The molecule has 0 spiro atoms. The van der Waals surface area contributed by atoms with Crippen LogP contribution in [0.3, 0.4) is 0 Å². The van der Waals surface area contributed by atoms with E-state index in [9.17, 15) is 0 Å². The second-order valence-electron chi connectivity index (χ2n) is 4.14. The molecule has 18 heavy (non-hydrogen) atoms. The first-order chi connectivity index (χ1) is 8.69. The molecule has 1 unspecified atom stereocenters. The topological polar surface area (TPSA) is 35.2 Å². The van der Waals surface area contributed by atoms with Gasteiger partial charge in [-0.2, -0.15) is 0 Å². The van der Waals surface area contributed by atoms with Gasteiger partial charge >= 0.3 is 0 Å². The molecular formula is C15H16ClNO. The van der Waals surface area contributed by atoms with Crippen LogP contribution in [0, 0.1) is 0 Å². The van der Waals surface area contributed by atoms with Crippen LogP contribution in [0.25, 0.3) is 0 Å². The summed E-state index contributed by atoms with van der Waals surface area (Å²) in [7, 11) is 0. The van der Waals surface area contributed by atoms with Crippen molar-refractivity contribution in [2.45, 2.75) is 19.4 Å². The molecule has 0 fully saturated rings. The quantitative estimate of drug-likeness (QED) is 0.877. The Bertz CT molecular complexity index is 510. The van der Waals surface area contributed by atoms with E-state index in [-0.39, 0.29) is 6.04 Å². The zero-order valence-electron chi connectivity index (χ0n) is 10.3. The monoisotopic (exact) mass is 261 g/mol. The lowest BCUT2D eigenvalue weighted by Crippen LogP contribution is -2.07. The van der Waals surface area contributed by atoms with E-state index in [0.29, 0.717) is 5.02 Å². The molecular weight excluding hydrogens is 246 g/mol. The van der Waals surface area contributed by atoms with E-state index in [0.717, 1.165) is 23.5 Å². The van der Waals surface area contributed by atoms with Gasteiger partial charge in [0.15, 0.2) is 0 Å². The van der Waals surface area contributed by atoms with Gasteiger partial charge in [-0.25, -0.2) is 0 Å². The number of benzene rings is 2. The second-order valence-corrected chi connectivity index (χ2v) is 4.58. The molecule has 3 heteroatoms. The Kier molecular flexibility index (Phi) is 4.24. The van der Waals surface area contributed by atoms with E-state index in [2.05, 4.69) is 6.92 Å². The van der Waals surface area contributed by atoms with Gasteiger partial charge in [-0.15, -0.1) is 0 Å². The fourth-order valence-electron chi connectivity index (χ4n) is 1.69. The number of hydrogen-bond acceptors (Lipinski definition) is 2. The summed E-state index contributed by atoms with van der Waals surface area (Å²) < 4.78 is 5.70. The van der Waals surface area contributed by atoms with Crippen molar-refractivity contribution in [1.29, 1.82) is 0 Å². The fourth-order valence-corrected chi connectivity index (χ4v) is 1.87. The summed E-state index contributed by atoms with van der Waals surface area (Å²) in [4.78, 5) is 0. The van der Waals surface area contributed by atoms with E-state index >= 15 is 0 Å². The molecule has 0 saturated heterocycles. The fraction of sp³-hybridized carbons (Fsp3) is 0.200. The summed E-state index contributed by atoms with van der Waals surface area (Å²) in [5.74, 6) is 1.51. The van der Waals surface area contributed by atoms with Gasteiger partial charge in [-0.1, -0.05) is 36.7 Å². The highest BCUT2D eigenvalue weighted by Crippen LogP contribution is 2.25. The molecule has 0 aromatic heterocycles. The third-order valence-corrected chi connectivity index (χ3v) is 3.01. The highest BCUT2D eigenvalue weighted by molar-refractivity contribution is 6.30. The zero-order valence-corrected chi connectivity index (χ0v) is 11.0. The minimum atomic E-state index is 0.0882. The number of hydrogen-bond donors (Lipinski definition) is 1. The SMILES string of the molecule is CCC(N)c1ccc(Oc2cccc(Cl)c2)cc1. The van der Waals surface area contributed by atoms with Gasteiger partial charge in [0.1, 0.15) is 11.5 Å². The first-order valence-electron chi connectivity index (χ1n) is 5.98. The first-order valence-corrected chi connectivity index (χ1v) is 6.36. The molecule has 2 aromatic carbocycles. The van der Waals surface area contributed by atoms with Gasteiger partial charge in [0, 0.05) is 11.1 Å². The lowest BCUT2D eigenvalue weighted by Gasteiger charge is -2.10. The van der Waals surface area contributed by atoms with Gasteiger partial charge in [-0.3, -0.25) is 0 Å². The lowest BCUT2D eigenvalue weighted by atomic mass is 10.1. The zero-order chi connectivity index (χ0) is 13.0. The van der Waals surface area contributed by atoms with Gasteiger partial charge in [0.2, 0.25) is 0 Å². The van der Waals surface area contributed by atoms with Crippen LogP contribution < -0.4 is 10.5 Å². The largest absolute Gasteiger partial charge is 0.457 e. The molecule has 0 aliphatic carbocycles. The van der Waals surface area contributed by atoms with Crippen molar-refractivity contribution in [3.63, 3.8) is 0 Å². The number of rotatable bonds is 4. The molecule has 0 aliphatic rings.